The third-order valence-corrected chi connectivity index (χ3v) is 2.26. The molecule has 0 bridgehead atoms. The van der Waals surface area contributed by atoms with Crippen molar-refractivity contribution in [1.29, 1.82) is 0 Å². The second kappa shape index (κ2) is 5.59. The number of nitrogens with one attached hydrogen (secondary N) is 1. The summed E-state index contributed by atoms with van der Waals surface area (Å²) in [5, 5.41) is 10.6. The SMILES string of the molecule is O=C(O)CCNc1cc(C(F)(F)F)cc(C(F)(F)F)c1. The Hall–Kier alpha value is -1.93. The molecule has 3 nitrogen and oxygen atoms in total. The molecule has 1 rings (SSSR count). The molecule has 0 aliphatic heterocycles. The van der Waals surface area contributed by atoms with Crippen LogP contribution >= 0.6 is 0 Å². The first-order chi connectivity index (χ1) is 9.00. The van der Waals surface area contributed by atoms with Gasteiger partial charge in [-0.1, -0.05) is 0 Å². The van der Waals surface area contributed by atoms with Gasteiger partial charge in [-0.15, -0.1) is 0 Å². The predicted molar refractivity (Wildman–Crippen MR) is 57.2 cm³/mol. The Morgan fingerprint density at radius 3 is 1.80 bits per heavy atom. The second-order valence-electron chi connectivity index (χ2n) is 3.87. The van der Waals surface area contributed by atoms with E-state index in [4.69, 9.17) is 5.11 Å². The average molecular weight is 301 g/mol. The smallest absolute Gasteiger partial charge is 0.416 e. The zero-order valence-electron chi connectivity index (χ0n) is 9.77. The fourth-order valence-corrected chi connectivity index (χ4v) is 1.37. The first-order valence-corrected chi connectivity index (χ1v) is 5.25. The Morgan fingerprint density at radius 1 is 1.00 bits per heavy atom. The molecule has 0 saturated carbocycles. The minimum atomic E-state index is -4.93. The zero-order chi connectivity index (χ0) is 15.6. The summed E-state index contributed by atoms with van der Waals surface area (Å²) in [7, 11) is 0. The summed E-state index contributed by atoms with van der Waals surface area (Å²) in [6.45, 7) is -0.284. The predicted octanol–water partition coefficient (Wildman–Crippen LogP) is 3.61. The van der Waals surface area contributed by atoms with E-state index in [1.54, 1.807) is 0 Å². The largest absolute Gasteiger partial charge is 0.481 e. The van der Waals surface area contributed by atoms with E-state index in [1.807, 2.05) is 0 Å². The molecule has 1 aromatic rings. The summed E-state index contributed by atoms with van der Waals surface area (Å²) >= 11 is 0. The van der Waals surface area contributed by atoms with Crippen LogP contribution in [0, 0.1) is 0 Å². The topological polar surface area (TPSA) is 49.3 Å². The number of alkyl halides is 6. The van der Waals surface area contributed by atoms with Gasteiger partial charge in [0.1, 0.15) is 0 Å². The maximum absolute atomic E-state index is 12.5. The van der Waals surface area contributed by atoms with E-state index in [0.717, 1.165) is 0 Å². The van der Waals surface area contributed by atoms with Crippen LogP contribution in [0.15, 0.2) is 18.2 Å². The van der Waals surface area contributed by atoms with Crippen molar-refractivity contribution in [2.24, 2.45) is 0 Å². The molecule has 0 aliphatic carbocycles. The lowest BCUT2D eigenvalue weighted by Gasteiger charge is -2.14. The maximum Gasteiger partial charge on any atom is 0.416 e. The Balaban J connectivity index is 3.08. The van der Waals surface area contributed by atoms with Crippen LogP contribution < -0.4 is 5.32 Å². The fraction of sp³-hybridized carbons (Fsp3) is 0.364. The third-order valence-electron chi connectivity index (χ3n) is 2.26. The van der Waals surface area contributed by atoms with Gasteiger partial charge in [-0.05, 0) is 18.2 Å². The van der Waals surface area contributed by atoms with Gasteiger partial charge in [-0.3, -0.25) is 4.79 Å². The van der Waals surface area contributed by atoms with E-state index in [2.05, 4.69) is 5.32 Å². The highest BCUT2D eigenvalue weighted by atomic mass is 19.4. The van der Waals surface area contributed by atoms with Gasteiger partial charge in [0, 0.05) is 12.2 Å². The number of carboxylic acid groups (broad SMARTS) is 1. The maximum atomic E-state index is 12.5. The first-order valence-electron chi connectivity index (χ1n) is 5.25. The van der Waals surface area contributed by atoms with Crippen LogP contribution in [-0.4, -0.2) is 17.6 Å². The van der Waals surface area contributed by atoms with E-state index < -0.39 is 41.6 Å². The molecule has 2 N–H and O–H groups in total. The van der Waals surface area contributed by atoms with Gasteiger partial charge in [-0.25, -0.2) is 0 Å². The van der Waals surface area contributed by atoms with Crippen molar-refractivity contribution < 1.29 is 36.2 Å². The molecule has 0 radical (unpaired) electrons. The number of benzene rings is 1. The standard InChI is InChI=1S/C11H9F6NO2/c12-10(13,14)6-3-7(11(15,16)17)5-8(4-6)18-2-1-9(19)20/h3-5,18H,1-2H2,(H,19,20). The van der Waals surface area contributed by atoms with E-state index >= 15 is 0 Å². The molecule has 0 heterocycles. The molecule has 0 aliphatic rings. The summed E-state index contributed by atoms with van der Waals surface area (Å²) < 4.78 is 75.0. The van der Waals surface area contributed by atoms with Crippen molar-refractivity contribution in [1.82, 2.24) is 0 Å². The Labute approximate surface area is 109 Å². The molecule has 20 heavy (non-hydrogen) atoms. The van der Waals surface area contributed by atoms with Gasteiger partial charge in [0.15, 0.2) is 0 Å². The van der Waals surface area contributed by atoms with Crippen LogP contribution in [0.3, 0.4) is 0 Å². The lowest BCUT2D eigenvalue weighted by molar-refractivity contribution is -0.143. The van der Waals surface area contributed by atoms with Gasteiger partial charge in [0.2, 0.25) is 0 Å². The average Bonchev–Trinajstić information content (AvgIpc) is 2.25. The normalized spacial score (nSPS) is 12.3. The number of halogens is 6. The highest BCUT2D eigenvalue weighted by Gasteiger charge is 2.36. The summed E-state index contributed by atoms with van der Waals surface area (Å²) in [6, 6.07) is 0.997. The summed E-state index contributed by atoms with van der Waals surface area (Å²) in [5.74, 6) is -1.22. The summed E-state index contributed by atoms with van der Waals surface area (Å²) in [5.41, 5.74) is -3.34. The van der Waals surface area contributed by atoms with Gasteiger partial charge in [-0.2, -0.15) is 26.3 Å². The molecule has 0 fully saturated rings. The Morgan fingerprint density at radius 2 is 1.45 bits per heavy atom. The number of rotatable bonds is 4. The molecule has 1 aromatic carbocycles. The Bertz CT molecular complexity index is 462. The molecule has 9 heteroatoms. The molecule has 0 amide bonds. The van der Waals surface area contributed by atoms with Crippen LogP contribution in [0.25, 0.3) is 0 Å². The third kappa shape index (κ3) is 4.63. The zero-order valence-corrected chi connectivity index (χ0v) is 9.77. The van der Waals surface area contributed by atoms with E-state index in [-0.39, 0.29) is 12.6 Å². The van der Waals surface area contributed by atoms with Gasteiger partial charge in [0.05, 0.1) is 17.5 Å². The van der Waals surface area contributed by atoms with Crippen molar-refractivity contribution in [2.75, 3.05) is 11.9 Å². The highest BCUT2D eigenvalue weighted by molar-refractivity contribution is 5.67. The van der Waals surface area contributed by atoms with Crippen LogP contribution in [0.4, 0.5) is 32.0 Å². The van der Waals surface area contributed by atoms with Crippen molar-refractivity contribution in [3.63, 3.8) is 0 Å². The molecular formula is C11H9F6NO2. The number of hydrogen-bond acceptors (Lipinski definition) is 2. The van der Waals surface area contributed by atoms with E-state index in [0.29, 0.717) is 12.1 Å². The number of aliphatic carboxylic acids is 1. The number of carboxylic acids is 1. The van der Waals surface area contributed by atoms with Crippen molar-refractivity contribution >= 4 is 11.7 Å². The molecular weight excluding hydrogens is 292 g/mol. The number of anilines is 1. The Kier molecular flexibility index (Phi) is 4.51. The molecule has 112 valence electrons. The van der Waals surface area contributed by atoms with Gasteiger partial charge < -0.3 is 10.4 Å². The van der Waals surface area contributed by atoms with Crippen molar-refractivity contribution in [3.8, 4) is 0 Å². The van der Waals surface area contributed by atoms with Crippen LogP contribution in [-0.2, 0) is 17.1 Å². The molecule has 0 unspecified atom stereocenters. The van der Waals surface area contributed by atoms with Crippen LogP contribution in [0.1, 0.15) is 17.5 Å². The van der Waals surface area contributed by atoms with E-state index in [9.17, 15) is 31.1 Å². The number of hydrogen-bond donors (Lipinski definition) is 2. The van der Waals surface area contributed by atoms with E-state index in [1.165, 1.54) is 0 Å². The van der Waals surface area contributed by atoms with Crippen LogP contribution in [0.2, 0.25) is 0 Å². The lowest BCUT2D eigenvalue weighted by Crippen LogP contribution is -2.13. The molecule has 0 spiro atoms. The molecule has 0 aromatic heterocycles. The lowest BCUT2D eigenvalue weighted by atomic mass is 10.1. The van der Waals surface area contributed by atoms with Crippen molar-refractivity contribution in [3.05, 3.63) is 29.3 Å². The fourth-order valence-electron chi connectivity index (χ4n) is 1.37. The van der Waals surface area contributed by atoms with Crippen LogP contribution in [0.5, 0.6) is 0 Å². The van der Waals surface area contributed by atoms with Gasteiger partial charge in [0.25, 0.3) is 0 Å². The molecule has 0 atom stereocenters. The number of carbonyl (C=O) groups is 1. The first kappa shape index (κ1) is 16.1. The quantitative estimate of drug-likeness (QED) is 0.835. The summed E-state index contributed by atoms with van der Waals surface area (Å²) in [6.07, 6.45) is -10.3. The monoisotopic (exact) mass is 301 g/mol. The minimum Gasteiger partial charge on any atom is -0.481 e. The minimum absolute atomic E-state index is 0.00236. The van der Waals surface area contributed by atoms with Crippen molar-refractivity contribution in [2.45, 2.75) is 18.8 Å². The highest BCUT2D eigenvalue weighted by Crippen LogP contribution is 2.37. The molecule has 0 saturated heterocycles. The second-order valence-corrected chi connectivity index (χ2v) is 3.87. The van der Waals surface area contributed by atoms with Gasteiger partial charge >= 0.3 is 18.3 Å². The summed E-state index contributed by atoms with van der Waals surface area (Å²) in [4.78, 5) is 10.2.